The van der Waals surface area contributed by atoms with Crippen molar-refractivity contribution in [2.24, 2.45) is 0 Å². The number of benzene rings is 1. The zero-order chi connectivity index (χ0) is 11.5. The fraction of sp³-hybridized carbons (Fsp3) is 0.111. The Balaban J connectivity index is 2.45. The molecule has 1 heterocycles. The summed E-state index contributed by atoms with van der Waals surface area (Å²) >= 11 is 3.35. The lowest BCUT2D eigenvalue weighted by Crippen LogP contribution is -2.09. The second kappa shape index (κ2) is 4.40. The van der Waals surface area contributed by atoms with E-state index in [-0.39, 0.29) is 6.42 Å². The van der Waals surface area contributed by atoms with Crippen LogP contribution in [-0.2, 0) is 11.2 Å². The molecule has 2 rings (SSSR count). The van der Waals surface area contributed by atoms with Crippen LogP contribution in [0.2, 0.25) is 0 Å². The van der Waals surface area contributed by atoms with Crippen LogP contribution in [0.15, 0.2) is 28.7 Å². The zero-order valence-corrected chi connectivity index (χ0v) is 9.62. The quantitative estimate of drug-likeness (QED) is 0.910. The Bertz CT molecular complexity index is 526. The van der Waals surface area contributed by atoms with Crippen LogP contribution in [0.1, 0.15) is 5.82 Å². The van der Waals surface area contributed by atoms with Crippen LogP contribution in [0.4, 0.5) is 0 Å². The van der Waals surface area contributed by atoms with E-state index in [2.05, 4.69) is 31.5 Å². The molecule has 1 aromatic carbocycles. The number of hydrogen-bond donors (Lipinski definition) is 1. The van der Waals surface area contributed by atoms with E-state index in [1.54, 1.807) is 6.07 Å². The van der Waals surface area contributed by atoms with Gasteiger partial charge in [0.2, 0.25) is 0 Å². The van der Waals surface area contributed by atoms with Gasteiger partial charge in [0.25, 0.3) is 0 Å². The number of para-hydroxylation sites is 1. The maximum Gasteiger partial charge on any atom is 0.311 e. The highest BCUT2D eigenvalue weighted by molar-refractivity contribution is 9.10. The van der Waals surface area contributed by atoms with Gasteiger partial charge in [0, 0.05) is 4.47 Å². The van der Waals surface area contributed by atoms with Crippen LogP contribution in [0.3, 0.4) is 0 Å². The van der Waals surface area contributed by atoms with Gasteiger partial charge in [-0.05, 0) is 38.5 Å². The topological polar surface area (TPSA) is 80.9 Å². The minimum absolute atomic E-state index is 0.214. The minimum Gasteiger partial charge on any atom is -0.481 e. The summed E-state index contributed by atoms with van der Waals surface area (Å²) in [6.45, 7) is 0. The first-order valence-electron chi connectivity index (χ1n) is 4.42. The number of aromatic nitrogens is 4. The third-order valence-corrected chi connectivity index (χ3v) is 2.59. The molecule has 1 aromatic heterocycles. The van der Waals surface area contributed by atoms with Crippen LogP contribution < -0.4 is 0 Å². The molecule has 0 amide bonds. The first-order valence-corrected chi connectivity index (χ1v) is 5.21. The van der Waals surface area contributed by atoms with Crippen LogP contribution in [0.25, 0.3) is 5.69 Å². The summed E-state index contributed by atoms with van der Waals surface area (Å²) in [6.07, 6.45) is -0.214. The van der Waals surface area contributed by atoms with Crippen molar-refractivity contribution in [3.05, 3.63) is 34.6 Å². The molecule has 0 fully saturated rings. The number of hydrogen-bond acceptors (Lipinski definition) is 4. The maximum absolute atomic E-state index is 10.6. The van der Waals surface area contributed by atoms with Crippen molar-refractivity contribution >= 4 is 21.9 Å². The molecule has 0 unspecified atom stereocenters. The molecule has 0 saturated carbocycles. The van der Waals surface area contributed by atoms with Crippen molar-refractivity contribution in [2.75, 3.05) is 0 Å². The summed E-state index contributed by atoms with van der Waals surface area (Å²) in [5.74, 6) is -0.678. The highest BCUT2D eigenvalue weighted by Gasteiger charge is 2.13. The Morgan fingerprint density at radius 3 is 2.88 bits per heavy atom. The van der Waals surface area contributed by atoms with E-state index in [4.69, 9.17) is 5.11 Å². The number of rotatable bonds is 3. The van der Waals surface area contributed by atoms with Crippen LogP contribution in [0.5, 0.6) is 0 Å². The minimum atomic E-state index is -0.969. The Labute approximate surface area is 99.0 Å². The van der Waals surface area contributed by atoms with Gasteiger partial charge < -0.3 is 5.11 Å². The molecule has 0 bridgehead atoms. The van der Waals surface area contributed by atoms with Crippen LogP contribution >= 0.6 is 15.9 Å². The number of tetrazole rings is 1. The van der Waals surface area contributed by atoms with E-state index in [1.807, 2.05) is 18.2 Å². The molecule has 82 valence electrons. The van der Waals surface area contributed by atoms with Gasteiger partial charge in [-0.3, -0.25) is 4.79 Å². The van der Waals surface area contributed by atoms with Gasteiger partial charge in [-0.25, -0.2) is 0 Å². The molecule has 6 nitrogen and oxygen atoms in total. The third kappa shape index (κ3) is 2.08. The number of nitrogens with zero attached hydrogens (tertiary/aromatic N) is 4. The predicted octanol–water partition coefficient (Wildman–Crippen LogP) is 1.05. The normalized spacial score (nSPS) is 10.3. The summed E-state index contributed by atoms with van der Waals surface area (Å²) in [7, 11) is 0. The first-order chi connectivity index (χ1) is 7.68. The summed E-state index contributed by atoms with van der Waals surface area (Å²) in [5.41, 5.74) is 0.712. The van der Waals surface area contributed by atoms with Gasteiger partial charge in [0.1, 0.15) is 6.42 Å². The van der Waals surface area contributed by atoms with Gasteiger partial charge in [0.05, 0.1) is 5.69 Å². The van der Waals surface area contributed by atoms with Crippen LogP contribution in [0, 0.1) is 0 Å². The monoisotopic (exact) mass is 282 g/mol. The molecular weight excluding hydrogens is 276 g/mol. The van der Waals surface area contributed by atoms with Gasteiger partial charge >= 0.3 is 5.97 Å². The molecular formula is C9H7BrN4O2. The van der Waals surface area contributed by atoms with E-state index in [9.17, 15) is 4.79 Å². The largest absolute Gasteiger partial charge is 0.481 e. The summed E-state index contributed by atoms with van der Waals surface area (Å²) < 4.78 is 2.20. The van der Waals surface area contributed by atoms with Gasteiger partial charge in [-0.15, -0.1) is 5.10 Å². The standard InChI is InChI=1S/C9H7BrN4O2/c10-6-3-1-2-4-7(6)14-8(5-9(15)16)11-12-13-14/h1-4H,5H2,(H,15,16). The van der Waals surface area contributed by atoms with Gasteiger partial charge in [-0.1, -0.05) is 12.1 Å². The van der Waals surface area contributed by atoms with E-state index >= 15 is 0 Å². The molecule has 0 spiro atoms. The molecule has 0 atom stereocenters. The fourth-order valence-electron chi connectivity index (χ4n) is 1.26. The lowest BCUT2D eigenvalue weighted by Gasteiger charge is -2.04. The number of aliphatic carboxylic acids is 1. The van der Waals surface area contributed by atoms with E-state index in [1.165, 1.54) is 4.68 Å². The third-order valence-electron chi connectivity index (χ3n) is 1.92. The number of halogens is 1. The smallest absolute Gasteiger partial charge is 0.311 e. The van der Waals surface area contributed by atoms with Crippen molar-refractivity contribution in [3.63, 3.8) is 0 Å². The van der Waals surface area contributed by atoms with Crippen molar-refractivity contribution < 1.29 is 9.90 Å². The van der Waals surface area contributed by atoms with E-state index in [0.717, 1.165) is 4.47 Å². The fourth-order valence-corrected chi connectivity index (χ4v) is 1.71. The van der Waals surface area contributed by atoms with Crippen molar-refractivity contribution in [1.82, 2.24) is 20.2 Å². The SMILES string of the molecule is O=C(O)Cc1nnnn1-c1ccccc1Br. The summed E-state index contributed by atoms with van der Waals surface area (Å²) in [4.78, 5) is 10.6. The van der Waals surface area contributed by atoms with Crippen molar-refractivity contribution in [3.8, 4) is 5.69 Å². The average Bonchev–Trinajstić information content (AvgIpc) is 2.66. The van der Waals surface area contributed by atoms with E-state index in [0.29, 0.717) is 11.5 Å². The lowest BCUT2D eigenvalue weighted by molar-refractivity contribution is -0.136. The molecule has 0 radical (unpaired) electrons. The molecule has 1 N–H and O–H groups in total. The van der Waals surface area contributed by atoms with Crippen LogP contribution in [-0.4, -0.2) is 31.3 Å². The maximum atomic E-state index is 10.6. The Morgan fingerprint density at radius 1 is 1.44 bits per heavy atom. The number of carbonyl (C=O) groups is 1. The van der Waals surface area contributed by atoms with Crippen molar-refractivity contribution in [2.45, 2.75) is 6.42 Å². The summed E-state index contributed by atoms with van der Waals surface area (Å²) in [6, 6.07) is 7.31. The molecule has 2 aromatic rings. The Hall–Kier alpha value is -1.76. The molecule has 7 heteroatoms. The zero-order valence-electron chi connectivity index (χ0n) is 8.04. The Morgan fingerprint density at radius 2 is 2.19 bits per heavy atom. The Kier molecular flexibility index (Phi) is 2.95. The molecule has 0 aliphatic carbocycles. The number of carboxylic acids is 1. The lowest BCUT2D eigenvalue weighted by atomic mass is 10.3. The molecule has 0 saturated heterocycles. The molecule has 0 aliphatic heterocycles. The van der Waals surface area contributed by atoms with E-state index < -0.39 is 5.97 Å². The predicted molar refractivity (Wildman–Crippen MR) is 58.2 cm³/mol. The second-order valence-electron chi connectivity index (χ2n) is 3.03. The number of carboxylic acid groups (broad SMARTS) is 1. The summed E-state index contributed by atoms with van der Waals surface area (Å²) in [5, 5.41) is 19.6. The highest BCUT2D eigenvalue weighted by Crippen LogP contribution is 2.20. The average molecular weight is 283 g/mol. The molecule has 16 heavy (non-hydrogen) atoms. The first kappa shape index (κ1) is 10.7. The highest BCUT2D eigenvalue weighted by atomic mass is 79.9. The van der Waals surface area contributed by atoms with Crippen molar-refractivity contribution in [1.29, 1.82) is 0 Å². The van der Waals surface area contributed by atoms with Gasteiger partial charge in [0.15, 0.2) is 5.82 Å². The second-order valence-corrected chi connectivity index (χ2v) is 3.88. The molecule has 0 aliphatic rings. The van der Waals surface area contributed by atoms with Gasteiger partial charge in [-0.2, -0.15) is 4.68 Å².